The number of hydrogen-bond donors (Lipinski definition) is 2. The number of benzene rings is 1. The lowest BCUT2D eigenvalue weighted by molar-refractivity contribution is -0.123. The van der Waals surface area contributed by atoms with E-state index in [1.807, 2.05) is 19.1 Å². The minimum Gasteiger partial charge on any atom is -0.497 e. The number of ether oxygens (including phenoxy) is 2. The summed E-state index contributed by atoms with van der Waals surface area (Å²) in [6, 6.07) is 5.37. The summed E-state index contributed by atoms with van der Waals surface area (Å²) in [6.07, 6.45) is 0.902. The Bertz CT molecular complexity index is 394. The quantitative estimate of drug-likeness (QED) is 0.761. The number of nitrogens with one attached hydrogen (secondary N) is 1. The van der Waals surface area contributed by atoms with Crippen LogP contribution in [0.15, 0.2) is 18.2 Å². The predicted molar refractivity (Wildman–Crippen MR) is 69.7 cm³/mol. The zero-order valence-corrected chi connectivity index (χ0v) is 10.9. The van der Waals surface area contributed by atoms with Crippen molar-refractivity contribution in [1.29, 1.82) is 0 Å². The third-order valence-corrected chi connectivity index (χ3v) is 2.43. The fraction of sp³-hybridized carbons (Fsp3) is 0.462. The van der Waals surface area contributed by atoms with Crippen LogP contribution in [0, 0.1) is 0 Å². The van der Waals surface area contributed by atoms with E-state index in [0.29, 0.717) is 24.6 Å². The van der Waals surface area contributed by atoms with Gasteiger partial charge in [-0.3, -0.25) is 4.79 Å². The van der Waals surface area contributed by atoms with Crippen molar-refractivity contribution >= 4 is 5.91 Å². The molecule has 0 saturated carbocycles. The summed E-state index contributed by atoms with van der Waals surface area (Å²) in [5, 5.41) is 2.74. The van der Waals surface area contributed by atoms with Crippen LogP contribution >= 0.6 is 0 Å². The van der Waals surface area contributed by atoms with Crippen LogP contribution in [0.3, 0.4) is 0 Å². The second-order valence-electron chi connectivity index (χ2n) is 3.82. The maximum Gasteiger partial charge on any atom is 0.257 e. The van der Waals surface area contributed by atoms with Gasteiger partial charge < -0.3 is 20.5 Å². The molecule has 1 aromatic carbocycles. The summed E-state index contributed by atoms with van der Waals surface area (Å²) < 4.78 is 10.6. The van der Waals surface area contributed by atoms with Gasteiger partial charge in [-0.25, -0.2) is 0 Å². The van der Waals surface area contributed by atoms with E-state index >= 15 is 0 Å². The molecule has 0 fully saturated rings. The van der Waals surface area contributed by atoms with E-state index in [2.05, 4.69) is 5.32 Å². The molecule has 0 aliphatic heterocycles. The van der Waals surface area contributed by atoms with Crippen LogP contribution in [-0.4, -0.2) is 26.2 Å². The van der Waals surface area contributed by atoms with E-state index in [1.54, 1.807) is 13.2 Å². The Labute approximate surface area is 107 Å². The molecule has 3 N–H and O–H groups in total. The number of carbonyl (C=O) groups is 1. The lowest BCUT2D eigenvalue weighted by Gasteiger charge is -2.11. The molecule has 1 rings (SSSR count). The van der Waals surface area contributed by atoms with E-state index in [1.165, 1.54) is 0 Å². The number of methoxy groups -OCH3 is 1. The van der Waals surface area contributed by atoms with Crippen molar-refractivity contribution in [1.82, 2.24) is 5.32 Å². The lowest BCUT2D eigenvalue weighted by Crippen LogP contribution is -2.29. The van der Waals surface area contributed by atoms with Crippen molar-refractivity contribution in [3.05, 3.63) is 23.8 Å². The lowest BCUT2D eigenvalue weighted by atomic mass is 10.2. The molecule has 0 spiro atoms. The zero-order chi connectivity index (χ0) is 13.4. The first-order valence-corrected chi connectivity index (χ1v) is 5.97. The van der Waals surface area contributed by atoms with Crippen LogP contribution in [0.4, 0.5) is 0 Å². The first kappa shape index (κ1) is 14.3. The van der Waals surface area contributed by atoms with Crippen LogP contribution in [0.5, 0.6) is 11.5 Å². The maximum absolute atomic E-state index is 11.4. The van der Waals surface area contributed by atoms with Gasteiger partial charge >= 0.3 is 0 Å². The Balaban J connectivity index is 2.62. The maximum atomic E-state index is 11.4. The van der Waals surface area contributed by atoms with Crippen LogP contribution in [0.1, 0.15) is 18.9 Å². The molecule has 1 aromatic rings. The van der Waals surface area contributed by atoms with Gasteiger partial charge in [-0.1, -0.05) is 13.0 Å². The molecule has 0 bridgehead atoms. The minimum atomic E-state index is -0.136. The average Bonchev–Trinajstić information content (AvgIpc) is 2.42. The van der Waals surface area contributed by atoms with Gasteiger partial charge in [0.25, 0.3) is 5.91 Å². The largest absolute Gasteiger partial charge is 0.497 e. The zero-order valence-electron chi connectivity index (χ0n) is 10.9. The number of nitrogens with two attached hydrogens (primary N) is 1. The standard InChI is InChI=1S/C13H20N2O3/c1-3-6-15-13(16)9-18-12-7-11(17-2)5-4-10(12)8-14/h4-5,7H,3,6,8-9,14H2,1-2H3,(H,15,16). The molecular weight excluding hydrogens is 232 g/mol. The fourth-order valence-corrected chi connectivity index (χ4v) is 1.42. The molecule has 5 heteroatoms. The first-order chi connectivity index (χ1) is 8.71. The van der Waals surface area contributed by atoms with Gasteiger partial charge in [0.05, 0.1) is 7.11 Å². The summed E-state index contributed by atoms with van der Waals surface area (Å²) in [7, 11) is 1.58. The average molecular weight is 252 g/mol. The molecule has 0 unspecified atom stereocenters. The molecular formula is C13H20N2O3. The monoisotopic (exact) mass is 252 g/mol. The van der Waals surface area contributed by atoms with Crippen molar-refractivity contribution in [3.8, 4) is 11.5 Å². The molecule has 0 radical (unpaired) electrons. The van der Waals surface area contributed by atoms with E-state index < -0.39 is 0 Å². The van der Waals surface area contributed by atoms with Crippen LogP contribution in [0.2, 0.25) is 0 Å². The van der Waals surface area contributed by atoms with Crippen molar-refractivity contribution in [3.63, 3.8) is 0 Å². The Hall–Kier alpha value is -1.75. The van der Waals surface area contributed by atoms with Gasteiger partial charge in [-0.2, -0.15) is 0 Å². The number of hydrogen-bond acceptors (Lipinski definition) is 4. The van der Waals surface area contributed by atoms with E-state index in [9.17, 15) is 4.79 Å². The van der Waals surface area contributed by atoms with Gasteiger partial charge in [-0.15, -0.1) is 0 Å². The van der Waals surface area contributed by atoms with Gasteiger partial charge in [0.15, 0.2) is 6.61 Å². The van der Waals surface area contributed by atoms with Crippen LogP contribution in [0.25, 0.3) is 0 Å². The normalized spacial score (nSPS) is 9.94. The summed E-state index contributed by atoms with van der Waals surface area (Å²) in [5.74, 6) is 1.13. The number of rotatable bonds is 7. The SMILES string of the molecule is CCCNC(=O)COc1cc(OC)ccc1CN. The Morgan fingerprint density at radius 1 is 1.44 bits per heavy atom. The van der Waals surface area contributed by atoms with Gasteiger partial charge in [-0.05, 0) is 12.5 Å². The van der Waals surface area contributed by atoms with Gasteiger partial charge in [0.2, 0.25) is 0 Å². The highest BCUT2D eigenvalue weighted by atomic mass is 16.5. The fourth-order valence-electron chi connectivity index (χ4n) is 1.42. The van der Waals surface area contributed by atoms with Crippen LogP contribution < -0.4 is 20.5 Å². The third-order valence-electron chi connectivity index (χ3n) is 2.43. The number of amides is 1. The second-order valence-corrected chi connectivity index (χ2v) is 3.82. The molecule has 5 nitrogen and oxygen atoms in total. The second kappa shape index (κ2) is 7.55. The summed E-state index contributed by atoms with van der Waals surface area (Å²) >= 11 is 0. The molecule has 18 heavy (non-hydrogen) atoms. The predicted octanol–water partition coefficient (Wildman–Crippen LogP) is 1.06. The Kier molecular flexibility index (Phi) is 6.00. The highest BCUT2D eigenvalue weighted by molar-refractivity contribution is 5.77. The molecule has 0 aliphatic carbocycles. The highest BCUT2D eigenvalue weighted by Gasteiger charge is 2.07. The van der Waals surface area contributed by atoms with E-state index in [-0.39, 0.29) is 12.5 Å². The summed E-state index contributed by atoms with van der Waals surface area (Å²) in [6.45, 7) is 3.00. The Morgan fingerprint density at radius 3 is 2.83 bits per heavy atom. The molecule has 0 aromatic heterocycles. The Morgan fingerprint density at radius 2 is 2.22 bits per heavy atom. The summed E-state index contributed by atoms with van der Waals surface area (Å²) in [4.78, 5) is 11.4. The molecule has 1 amide bonds. The third kappa shape index (κ3) is 4.25. The molecule has 100 valence electrons. The highest BCUT2D eigenvalue weighted by Crippen LogP contribution is 2.24. The first-order valence-electron chi connectivity index (χ1n) is 5.97. The van der Waals surface area contributed by atoms with Crippen molar-refractivity contribution < 1.29 is 14.3 Å². The van der Waals surface area contributed by atoms with Gasteiger partial charge in [0.1, 0.15) is 11.5 Å². The molecule has 0 heterocycles. The van der Waals surface area contributed by atoms with Crippen LogP contribution in [-0.2, 0) is 11.3 Å². The van der Waals surface area contributed by atoms with Crippen molar-refractivity contribution in [2.45, 2.75) is 19.9 Å². The van der Waals surface area contributed by atoms with Crippen molar-refractivity contribution in [2.24, 2.45) is 5.73 Å². The topological polar surface area (TPSA) is 73.6 Å². The van der Waals surface area contributed by atoms with Crippen molar-refractivity contribution in [2.75, 3.05) is 20.3 Å². The summed E-state index contributed by atoms with van der Waals surface area (Å²) in [5.41, 5.74) is 6.45. The molecule has 0 aliphatic rings. The van der Waals surface area contributed by atoms with E-state index in [0.717, 1.165) is 12.0 Å². The molecule has 0 saturated heterocycles. The smallest absolute Gasteiger partial charge is 0.257 e. The van der Waals surface area contributed by atoms with Gasteiger partial charge in [0, 0.05) is 24.7 Å². The van der Waals surface area contributed by atoms with E-state index in [4.69, 9.17) is 15.2 Å². The minimum absolute atomic E-state index is 0.0137. The number of carbonyl (C=O) groups excluding carboxylic acids is 1. The molecule has 0 atom stereocenters.